The summed E-state index contributed by atoms with van der Waals surface area (Å²) in [7, 11) is 0. The quantitative estimate of drug-likeness (QED) is 0.143. The average molecular weight is 882 g/mol. The van der Waals surface area contributed by atoms with Crippen LogP contribution in [0.1, 0.15) is 95.7 Å². The monoisotopic (exact) mass is 881 g/mol. The Labute approximate surface area is 329 Å². The second kappa shape index (κ2) is 14.7. The van der Waals surface area contributed by atoms with Crippen LogP contribution in [0.15, 0.2) is 85.3 Å². The first-order valence-electron chi connectivity index (χ1n) is 18.7. The number of pyridine rings is 1. The molecule has 0 atom stereocenters. The first-order valence-corrected chi connectivity index (χ1v) is 18.7. The second-order valence-corrected chi connectivity index (χ2v) is 15.9. The molecular weight excluding hydrogens is 832 g/mol. The number of rotatable bonds is 8. The van der Waals surface area contributed by atoms with Crippen molar-refractivity contribution in [1.29, 1.82) is 0 Å². The fraction of sp³-hybridized carbons (Fsp3) is 0.319. The van der Waals surface area contributed by atoms with Crippen molar-refractivity contribution in [3.05, 3.63) is 131 Å². The van der Waals surface area contributed by atoms with Crippen LogP contribution < -0.4 is 4.74 Å². The van der Waals surface area contributed by atoms with Crippen molar-refractivity contribution in [2.75, 3.05) is 0 Å². The molecule has 0 aliphatic heterocycles. The Morgan fingerprint density at radius 3 is 2.02 bits per heavy atom. The Bertz CT molecular complexity index is 2390. The van der Waals surface area contributed by atoms with Crippen LogP contribution in [0.3, 0.4) is 0 Å². The number of ether oxygens (including phenoxy) is 1. The van der Waals surface area contributed by atoms with Crippen molar-refractivity contribution < 1.29 is 25.8 Å². The molecule has 6 heteroatoms. The summed E-state index contributed by atoms with van der Waals surface area (Å²) in [5, 5.41) is 7.19. The average Bonchev–Trinajstić information content (AvgIpc) is 3.73. The maximum absolute atomic E-state index is 6.48. The van der Waals surface area contributed by atoms with E-state index in [0.717, 1.165) is 63.7 Å². The van der Waals surface area contributed by atoms with Crippen LogP contribution in [-0.2, 0) is 51.2 Å². The molecule has 7 rings (SSSR count). The van der Waals surface area contributed by atoms with Crippen molar-refractivity contribution in [2.45, 2.75) is 99.3 Å². The molecule has 0 fully saturated rings. The van der Waals surface area contributed by atoms with Gasteiger partial charge >= 0.3 is 21.1 Å². The van der Waals surface area contributed by atoms with Gasteiger partial charge in [-0.25, -0.2) is 4.98 Å². The smallest absolute Gasteiger partial charge is 0.509 e. The molecule has 3 aromatic heterocycles. The molecule has 0 saturated carbocycles. The van der Waals surface area contributed by atoms with E-state index < -0.39 is 0 Å². The molecule has 5 nitrogen and oxygen atoms in total. The first-order chi connectivity index (χ1) is 24.8. The zero-order chi connectivity index (χ0) is 36.9. The maximum Gasteiger partial charge on any atom is 2.00 e. The van der Waals surface area contributed by atoms with E-state index in [0.29, 0.717) is 11.5 Å². The summed E-state index contributed by atoms with van der Waals surface area (Å²) < 4.78 is 10.6. The van der Waals surface area contributed by atoms with Crippen molar-refractivity contribution in [3.63, 3.8) is 0 Å². The van der Waals surface area contributed by atoms with Gasteiger partial charge in [0.15, 0.2) is 0 Å². The minimum Gasteiger partial charge on any atom is -0.509 e. The van der Waals surface area contributed by atoms with Gasteiger partial charge in [0.25, 0.3) is 0 Å². The van der Waals surface area contributed by atoms with Crippen molar-refractivity contribution in [1.82, 2.24) is 19.3 Å². The first kappa shape index (κ1) is 38.3. The van der Waals surface area contributed by atoms with E-state index >= 15 is 0 Å². The van der Waals surface area contributed by atoms with Crippen molar-refractivity contribution in [2.24, 2.45) is 0 Å². The van der Waals surface area contributed by atoms with Gasteiger partial charge in [0, 0.05) is 35.0 Å². The summed E-state index contributed by atoms with van der Waals surface area (Å²) >= 11 is 0. The Kier molecular flexibility index (Phi) is 10.6. The molecule has 0 aliphatic rings. The van der Waals surface area contributed by atoms with E-state index in [9.17, 15) is 0 Å². The number of aromatic nitrogens is 4. The largest absolute Gasteiger partial charge is 2.00 e. The summed E-state index contributed by atoms with van der Waals surface area (Å²) in [5.41, 5.74) is 13.8. The topological polar surface area (TPSA) is 44.9 Å². The summed E-state index contributed by atoms with van der Waals surface area (Å²) in [6.07, 6.45) is 9.11. The van der Waals surface area contributed by atoms with Crippen LogP contribution in [0, 0.1) is 19.1 Å². The van der Waals surface area contributed by atoms with Gasteiger partial charge < -0.3 is 9.30 Å². The van der Waals surface area contributed by atoms with Crippen LogP contribution in [0.4, 0.5) is 0 Å². The van der Waals surface area contributed by atoms with E-state index in [2.05, 4.69) is 129 Å². The standard InChI is InChI=1S/C47H50N4O.Pt/c1-11-35-36(12-2)44(46(5,6)7)43(45(37(35)13-3)47(8,9)10)31-28-49-50(29-31)32-17-16-18-33(26-32)52-34-21-22-39-38-19-14-15-20-40(38)51(41(39)27-34)42-25-30(4)23-24-48-42;/h14-25,28-29H,11-13H2,1-10H3;/q-2;+2. The SMILES string of the molecule is CCc1c(CC)c(C(C)(C)C)c(-c2cnn(-c3[c-]c(Oc4[c-]c5c(cc4)c4ccccc4n5-c4cc(C)ccn4)ccc3)c2)c(C(C)(C)C)c1CC.[Pt+2]. The maximum atomic E-state index is 6.48. The normalized spacial score (nSPS) is 12.0. The van der Waals surface area contributed by atoms with Crippen LogP contribution >= 0.6 is 0 Å². The Balaban J connectivity index is 0.00000481. The number of benzene rings is 4. The van der Waals surface area contributed by atoms with Crippen LogP contribution in [0.2, 0.25) is 0 Å². The molecule has 3 heterocycles. The zero-order valence-corrected chi connectivity index (χ0v) is 35.0. The molecule has 0 saturated heterocycles. The fourth-order valence-corrected chi connectivity index (χ4v) is 8.21. The summed E-state index contributed by atoms with van der Waals surface area (Å²) in [6, 6.07) is 29.6. The van der Waals surface area contributed by atoms with Crippen molar-refractivity contribution >= 4 is 21.8 Å². The van der Waals surface area contributed by atoms with Gasteiger partial charge in [-0.1, -0.05) is 86.0 Å². The number of aryl methyl sites for hydroxylation is 1. The third kappa shape index (κ3) is 7.01. The number of fused-ring (bicyclic) bond motifs is 3. The van der Waals surface area contributed by atoms with E-state index in [1.807, 2.05) is 47.4 Å². The molecule has 0 bridgehead atoms. The summed E-state index contributed by atoms with van der Waals surface area (Å²) in [5.74, 6) is 2.06. The number of nitrogens with zero attached hydrogens (tertiary/aromatic N) is 4. The molecule has 0 spiro atoms. The summed E-state index contributed by atoms with van der Waals surface area (Å²) in [6.45, 7) is 23.1. The molecule has 0 radical (unpaired) electrons. The molecule has 7 aromatic rings. The number of para-hydroxylation sites is 1. The van der Waals surface area contributed by atoms with Crippen LogP contribution in [0.25, 0.3) is 44.4 Å². The van der Waals surface area contributed by atoms with E-state index in [-0.39, 0.29) is 31.9 Å². The molecule has 4 aromatic carbocycles. The van der Waals surface area contributed by atoms with Crippen molar-refractivity contribution in [3.8, 4) is 34.1 Å². The third-order valence-electron chi connectivity index (χ3n) is 10.2. The summed E-state index contributed by atoms with van der Waals surface area (Å²) in [4.78, 5) is 4.72. The Morgan fingerprint density at radius 2 is 1.38 bits per heavy atom. The zero-order valence-electron chi connectivity index (χ0n) is 32.7. The number of hydrogen-bond donors (Lipinski definition) is 0. The van der Waals surface area contributed by atoms with Gasteiger partial charge in [-0.2, -0.15) is 17.2 Å². The van der Waals surface area contributed by atoms with E-state index in [1.165, 1.54) is 33.4 Å². The minimum atomic E-state index is -0.0441. The van der Waals surface area contributed by atoms with Gasteiger partial charge in [0.2, 0.25) is 0 Å². The second-order valence-electron chi connectivity index (χ2n) is 15.9. The Hall–Kier alpha value is -4.47. The Morgan fingerprint density at radius 1 is 0.717 bits per heavy atom. The molecule has 0 unspecified atom stereocenters. The van der Waals surface area contributed by atoms with Gasteiger partial charge in [0.05, 0.1) is 6.20 Å². The van der Waals surface area contributed by atoms with E-state index in [1.54, 1.807) is 0 Å². The van der Waals surface area contributed by atoms with Crippen LogP contribution in [0.5, 0.6) is 11.5 Å². The predicted molar refractivity (Wildman–Crippen MR) is 216 cm³/mol. The molecular formula is C47H50N4OPt. The van der Waals surface area contributed by atoms with E-state index in [4.69, 9.17) is 14.8 Å². The van der Waals surface area contributed by atoms with Gasteiger partial charge in [-0.3, -0.25) is 4.68 Å². The molecule has 0 aliphatic carbocycles. The minimum absolute atomic E-state index is 0. The van der Waals surface area contributed by atoms with Gasteiger partial charge in [0.1, 0.15) is 5.82 Å². The molecule has 274 valence electrons. The fourth-order valence-electron chi connectivity index (χ4n) is 8.21. The molecule has 0 amide bonds. The molecule has 53 heavy (non-hydrogen) atoms. The third-order valence-corrected chi connectivity index (χ3v) is 10.2. The predicted octanol–water partition coefficient (Wildman–Crippen LogP) is 12.0. The van der Waals surface area contributed by atoms with Crippen LogP contribution in [-0.4, -0.2) is 19.3 Å². The number of hydrogen-bond acceptors (Lipinski definition) is 3. The molecule has 0 N–H and O–H groups in total. The van der Waals surface area contributed by atoms with Gasteiger partial charge in [-0.15, -0.1) is 35.7 Å². The van der Waals surface area contributed by atoms with Gasteiger partial charge in [-0.05, 0) is 105 Å².